The molecule has 0 aliphatic carbocycles. The molecular formula is C21H18N2O5. The van der Waals surface area contributed by atoms with Gasteiger partial charge in [0.1, 0.15) is 6.10 Å². The van der Waals surface area contributed by atoms with Gasteiger partial charge in [0, 0.05) is 11.8 Å². The van der Waals surface area contributed by atoms with Gasteiger partial charge in [-0.3, -0.25) is 4.79 Å². The Morgan fingerprint density at radius 3 is 2.46 bits per heavy atom. The molecule has 0 unspecified atom stereocenters. The zero-order chi connectivity index (χ0) is 19.7. The van der Waals surface area contributed by atoms with E-state index in [1.807, 2.05) is 30.3 Å². The van der Waals surface area contributed by atoms with Crippen LogP contribution in [0.5, 0.6) is 0 Å². The Morgan fingerprint density at radius 1 is 1.11 bits per heavy atom. The van der Waals surface area contributed by atoms with Crippen molar-refractivity contribution < 1.29 is 19.1 Å². The molecule has 7 heteroatoms. The maximum absolute atomic E-state index is 12.8. The summed E-state index contributed by atoms with van der Waals surface area (Å²) in [7, 11) is 0. The minimum Gasteiger partial charge on any atom is -0.460 e. The first kappa shape index (κ1) is 17.9. The monoisotopic (exact) mass is 378 g/mol. The molecule has 2 heterocycles. The summed E-state index contributed by atoms with van der Waals surface area (Å²) in [6.45, 7) is 1.95. The van der Waals surface area contributed by atoms with Gasteiger partial charge in [0.15, 0.2) is 5.69 Å². The minimum atomic E-state index is -0.961. The van der Waals surface area contributed by atoms with Crippen LogP contribution in [0.25, 0.3) is 10.8 Å². The lowest BCUT2D eigenvalue weighted by Gasteiger charge is -2.12. The Kier molecular flexibility index (Phi) is 4.65. The quantitative estimate of drug-likeness (QED) is 0.648. The minimum absolute atomic E-state index is 0.00140. The Bertz CT molecular complexity index is 1110. The molecule has 7 nitrogen and oxygen atoms in total. The molecule has 2 aromatic carbocycles. The molecule has 4 rings (SSSR count). The second-order valence-corrected chi connectivity index (χ2v) is 6.72. The van der Waals surface area contributed by atoms with Gasteiger partial charge in [-0.25, -0.2) is 14.3 Å². The summed E-state index contributed by atoms with van der Waals surface area (Å²) >= 11 is 0. The number of hydrogen-bond donors (Lipinski definition) is 0. The van der Waals surface area contributed by atoms with E-state index in [0.717, 1.165) is 5.56 Å². The predicted molar refractivity (Wildman–Crippen MR) is 101 cm³/mol. The molecule has 0 spiro atoms. The van der Waals surface area contributed by atoms with Crippen LogP contribution >= 0.6 is 0 Å². The van der Waals surface area contributed by atoms with Gasteiger partial charge in [-0.15, -0.1) is 0 Å². The third kappa shape index (κ3) is 3.38. The van der Waals surface area contributed by atoms with E-state index in [0.29, 0.717) is 17.2 Å². The number of benzene rings is 2. The van der Waals surface area contributed by atoms with Crippen molar-refractivity contribution in [3.05, 3.63) is 76.2 Å². The van der Waals surface area contributed by atoms with Crippen LogP contribution in [-0.2, 0) is 20.8 Å². The number of nitrogens with zero attached hydrogens (tertiary/aromatic N) is 2. The van der Waals surface area contributed by atoms with Crippen molar-refractivity contribution in [1.82, 2.24) is 9.78 Å². The van der Waals surface area contributed by atoms with Crippen LogP contribution in [0.3, 0.4) is 0 Å². The van der Waals surface area contributed by atoms with Crippen molar-refractivity contribution in [3.8, 4) is 0 Å². The molecule has 1 aliphatic heterocycles. The van der Waals surface area contributed by atoms with Gasteiger partial charge in [0.25, 0.3) is 5.56 Å². The number of rotatable bonds is 4. The van der Waals surface area contributed by atoms with Crippen molar-refractivity contribution in [3.63, 3.8) is 0 Å². The Balaban J connectivity index is 1.74. The third-order valence-corrected chi connectivity index (χ3v) is 4.61. The lowest BCUT2D eigenvalue weighted by Crippen LogP contribution is -2.29. The van der Waals surface area contributed by atoms with Crippen molar-refractivity contribution in [2.75, 3.05) is 0 Å². The maximum Gasteiger partial charge on any atom is 0.360 e. The summed E-state index contributed by atoms with van der Waals surface area (Å²) in [4.78, 5) is 37.4. The Labute approximate surface area is 160 Å². The van der Waals surface area contributed by atoms with Gasteiger partial charge >= 0.3 is 11.9 Å². The molecule has 0 amide bonds. The number of fused-ring (bicyclic) bond motifs is 1. The number of carbonyl (C=O) groups excluding carboxylic acids is 2. The highest BCUT2D eigenvalue weighted by Crippen LogP contribution is 2.21. The first-order valence-electron chi connectivity index (χ1n) is 8.98. The SMILES string of the molecule is C[C@@H]1C[C@H](OC(=O)c2nn(Cc3ccccc3)c(=O)c3ccccc23)C(=O)O1. The van der Waals surface area contributed by atoms with E-state index < -0.39 is 18.0 Å². The smallest absolute Gasteiger partial charge is 0.360 e. The van der Waals surface area contributed by atoms with Crippen molar-refractivity contribution >= 4 is 22.7 Å². The van der Waals surface area contributed by atoms with E-state index in [-0.39, 0.29) is 23.9 Å². The zero-order valence-corrected chi connectivity index (χ0v) is 15.2. The molecule has 2 atom stereocenters. The van der Waals surface area contributed by atoms with Crippen LogP contribution in [0.4, 0.5) is 0 Å². The summed E-state index contributed by atoms with van der Waals surface area (Å²) in [5.41, 5.74) is 0.572. The van der Waals surface area contributed by atoms with Gasteiger partial charge in [-0.05, 0) is 18.6 Å². The van der Waals surface area contributed by atoms with E-state index in [1.165, 1.54) is 4.68 Å². The van der Waals surface area contributed by atoms with Crippen molar-refractivity contribution in [2.24, 2.45) is 0 Å². The molecule has 1 aromatic heterocycles. The molecule has 1 fully saturated rings. The second-order valence-electron chi connectivity index (χ2n) is 6.72. The normalized spacial score (nSPS) is 18.8. The fourth-order valence-electron chi connectivity index (χ4n) is 3.25. The topological polar surface area (TPSA) is 87.5 Å². The molecule has 0 N–H and O–H groups in total. The fourth-order valence-corrected chi connectivity index (χ4v) is 3.25. The van der Waals surface area contributed by atoms with Gasteiger partial charge < -0.3 is 9.47 Å². The Hall–Kier alpha value is -3.48. The largest absolute Gasteiger partial charge is 0.460 e. The molecule has 1 saturated heterocycles. The first-order valence-corrected chi connectivity index (χ1v) is 8.98. The third-order valence-electron chi connectivity index (χ3n) is 4.61. The molecule has 0 saturated carbocycles. The van der Waals surface area contributed by atoms with Crippen LogP contribution in [0.2, 0.25) is 0 Å². The fraction of sp³-hybridized carbons (Fsp3) is 0.238. The van der Waals surface area contributed by atoms with Crippen LogP contribution in [0, 0.1) is 0 Å². The molecule has 142 valence electrons. The predicted octanol–water partition coefficient (Wildman–Crippen LogP) is 2.31. The van der Waals surface area contributed by atoms with Gasteiger partial charge in [0.05, 0.1) is 11.9 Å². The summed E-state index contributed by atoms with van der Waals surface area (Å²) in [5, 5.41) is 5.01. The summed E-state index contributed by atoms with van der Waals surface area (Å²) in [6, 6.07) is 16.1. The van der Waals surface area contributed by atoms with Gasteiger partial charge in [-0.2, -0.15) is 5.10 Å². The summed E-state index contributed by atoms with van der Waals surface area (Å²) in [6.07, 6.45) is -0.966. The number of aromatic nitrogens is 2. The highest BCUT2D eigenvalue weighted by Gasteiger charge is 2.36. The highest BCUT2D eigenvalue weighted by atomic mass is 16.6. The summed E-state index contributed by atoms with van der Waals surface area (Å²) in [5.74, 6) is -1.32. The number of hydrogen-bond acceptors (Lipinski definition) is 6. The van der Waals surface area contributed by atoms with Gasteiger partial charge in [-0.1, -0.05) is 48.5 Å². The molecular weight excluding hydrogens is 360 g/mol. The molecule has 0 radical (unpaired) electrons. The molecule has 28 heavy (non-hydrogen) atoms. The van der Waals surface area contributed by atoms with E-state index in [2.05, 4.69) is 5.10 Å². The average molecular weight is 378 g/mol. The van der Waals surface area contributed by atoms with Crippen LogP contribution in [-0.4, -0.2) is 33.9 Å². The van der Waals surface area contributed by atoms with Gasteiger partial charge in [0.2, 0.25) is 6.10 Å². The number of carbonyl (C=O) groups is 2. The van der Waals surface area contributed by atoms with E-state index in [1.54, 1.807) is 31.2 Å². The lowest BCUT2D eigenvalue weighted by atomic mass is 10.1. The maximum atomic E-state index is 12.8. The molecule has 0 bridgehead atoms. The van der Waals surface area contributed by atoms with Crippen LogP contribution in [0.15, 0.2) is 59.4 Å². The number of esters is 2. The summed E-state index contributed by atoms with van der Waals surface area (Å²) < 4.78 is 11.6. The van der Waals surface area contributed by atoms with Crippen LogP contribution in [0.1, 0.15) is 29.4 Å². The van der Waals surface area contributed by atoms with E-state index in [4.69, 9.17) is 9.47 Å². The van der Waals surface area contributed by atoms with Crippen molar-refractivity contribution in [1.29, 1.82) is 0 Å². The zero-order valence-electron chi connectivity index (χ0n) is 15.2. The second kappa shape index (κ2) is 7.26. The highest BCUT2D eigenvalue weighted by molar-refractivity contribution is 6.02. The molecule has 3 aromatic rings. The Morgan fingerprint density at radius 2 is 1.79 bits per heavy atom. The van der Waals surface area contributed by atoms with Crippen molar-refractivity contribution in [2.45, 2.75) is 32.1 Å². The first-order chi connectivity index (χ1) is 13.5. The standard InChI is InChI=1S/C21H18N2O5/c1-13-11-17(20(25)27-13)28-21(26)18-15-9-5-6-10-16(15)19(24)23(22-18)12-14-7-3-2-4-8-14/h2-10,13,17H,11-12H2,1H3/t13-,17+/m1/s1. The average Bonchev–Trinajstić information content (AvgIpc) is 3.01. The lowest BCUT2D eigenvalue weighted by molar-refractivity contribution is -0.147. The van der Waals surface area contributed by atoms with E-state index >= 15 is 0 Å². The molecule has 1 aliphatic rings. The van der Waals surface area contributed by atoms with Crippen LogP contribution < -0.4 is 5.56 Å². The number of ether oxygens (including phenoxy) is 2. The van der Waals surface area contributed by atoms with E-state index in [9.17, 15) is 14.4 Å². The number of cyclic esters (lactones) is 1.